The average molecular weight is 308 g/mol. The monoisotopic (exact) mass is 307 g/mol. The molecule has 7 heteroatoms. The van der Waals surface area contributed by atoms with Gasteiger partial charge in [0.25, 0.3) is 0 Å². The van der Waals surface area contributed by atoms with Crippen molar-refractivity contribution in [1.29, 1.82) is 0 Å². The number of halogens is 1. The van der Waals surface area contributed by atoms with Crippen LogP contribution in [0.4, 0.5) is 11.6 Å². The molecule has 0 spiro atoms. The average Bonchev–Trinajstić information content (AvgIpc) is 2.45. The van der Waals surface area contributed by atoms with Crippen molar-refractivity contribution >= 4 is 23.2 Å². The number of hydrogen-bond acceptors (Lipinski definition) is 6. The van der Waals surface area contributed by atoms with Gasteiger partial charge in [0.15, 0.2) is 0 Å². The third-order valence-corrected chi connectivity index (χ3v) is 2.83. The van der Waals surface area contributed by atoms with E-state index in [1.54, 1.807) is 0 Å². The van der Waals surface area contributed by atoms with Crippen molar-refractivity contribution in [2.45, 2.75) is 13.3 Å². The van der Waals surface area contributed by atoms with Gasteiger partial charge in [-0.05, 0) is 30.2 Å². The summed E-state index contributed by atoms with van der Waals surface area (Å²) in [5.74, 6) is 1.06. The maximum Gasteiger partial charge on any atom is 0.328 e. The third kappa shape index (κ3) is 4.46. The fraction of sp³-hybridized carbons (Fsp3) is 0.357. The Bertz CT molecular complexity index is 606. The van der Waals surface area contributed by atoms with Gasteiger partial charge in [-0.25, -0.2) is 0 Å². The van der Waals surface area contributed by atoms with Crippen molar-refractivity contribution in [1.82, 2.24) is 15.0 Å². The molecule has 2 aromatic rings. The molecular formula is C14H18ClN5O. The first-order valence-electron chi connectivity index (χ1n) is 6.69. The second-order valence-corrected chi connectivity index (χ2v) is 4.97. The first-order chi connectivity index (χ1) is 10.1. The molecule has 0 radical (unpaired) electrons. The maximum absolute atomic E-state index is 5.89. The van der Waals surface area contributed by atoms with E-state index in [2.05, 4.69) is 27.2 Å². The topological polar surface area (TPSA) is 63.2 Å². The summed E-state index contributed by atoms with van der Waals surface area (Å²) in [7, 11) is 3.93. The minimum Gasteiger partial charge on any atom is -0.424 e. The Morgan fingerprint density at radius 2 is 2.05 bits per heavy atom. The van der Waals surface area contributed by atoms with Gasteiger partial charge in [0, 0.05) is 32.4 Å². The molecule has 2 rings (SSSR count). The number of aromatic nitrogens is 3. The van der Waals surface area contributed by atoms with E-state index in [1.807, 2.05) is 43.3 Å². The lowest BCUT2D eigenvalue weighted by molar-refractivity contribution is 0.440. The molecule has 0 saturated carbocycles. The number of hydrogen-bond donors (Lipinski definition) is 1. The number of anilines is 2. The van der Waals surface area contributed by atoms with Crippen LogP contribution in [0, 0.1) is 0 Å². The van der Waals surface area contributed by atoms with E-state index in [9.17, 15) is 0 Å². The van der Waals surface area contributed by atoms with Crippen molar-refractivity contribution in [3.8, 4) is 11.8 Å². The molecule has 1 heterocycles. The summed E-state index contributed by atoms with van der Waals surface area (Å²) >= 11 is 5.89. The van der Waals surface area contributed by atoms with Gasteiger partial charge < -0.3 is 15.0 Å². The molecule has 0 aliphatic carbocycles. The van der Waals surface area contributed by atoms with Crippen LogP contribution in [-0.2, 0) is 0 Å². The fourth-order valence-corrected chi connectivity index (χ4v) is 1.78. The highest BCUT2D eigenvalue weighted by molar-refractivity contribution is 6.28. The Balaban J connectivity index is 2.18. The summed E-state index contributed by atoms with van der Waals surface area (Å²) in [6, 6.07) is 7.80. The summed E-state index contributed by atoms with van der Waals surface area (Å²) in [4.78, 5) is 14.2. The largest absolute Gasteiger partial charge is 0.424 e. The Labute approximate surface area is 129 Å². The second kappa shape index (κ2) is 7.08. The van der Waals surface area contributed by atoms with Crippen LogP contribution >= 0.6 is 11.6 Å². The molecule has 1 N–H and O–H groups in total. The van der Waals surface area contributed by atoms with E-state index in [0.717, 1.165) is 18.7 Å². The van der Waals surface area contributed by atoms with E-state index in [-0.39, 0.29) is 11.3 Å². The summed E-state index contributed by atoms with van der Waals surface area (Å²) in [6.45, 7) is 2.82. The van der Waals surface area contributed by atoms with Crippen LogP contribution in [0.2, 0.25) is 5.28 Å². The smallest absolute Gasteiger partial charge is 0.328 e. The van der Waals surface area contributed by atoms with Gasteiger partial charge in [-0.15, -0.1) is 0 Å². The summed E-state index contributed by atoms with van der Waals surface area (Å²) in [5.41, 5.74) is 1.02. The molecule has 0 aliphatic rings. The van der Waals surface area contributed by atoms with Crippen LogP contribution in [0.3, 0.4) is 0 Å². The molecule has 0 bridgehead atoms. The van der Waals surface area contributed by atoms with Crippen molar-refractivity contribution in [3.05, 3.63) is 29.5 Å². The van der Waals surface area contributed by atoms with Crippen LogP contribution in [0.25, 0.3) is 0 Å². The summed E-state index contributed by atoms with van der Waals surface area (Å²) in [6.07, 6.45) is 0.963. The molecule has 0 atom stereocenters. The first-order valence-corrected chi connectivity index (χ1v) is 7.07. The van der Waals surface area contributed by atoms with Crippen molar-refractivity contribution in [2.75, 3.05) is 30.9 Å². The Morgan fingerprint density at radius 3 is 2.76 bits per heavy atom. The van der Waals surface area contributed by atoms with E-state index in [4.69, 9.17) is 16.3 Å². The molecule has 1 aromatic heterocycles. The molecule has 0 unspecified atom stereocenters. The first kappa shape index (κ1) is 15.3. The zero-order valence-corrected chi connectivity index (χ0v) is 13.1. The quantitative estimate of drug-likeness (QED) is 0.884. The van der Waals surface area contributed by atoms with Crippen LogP contribution in [0.15, 0.2) is 24.3 Å². The Kier molecular flexibility index (Phi) is 5.16. The highest BCUT2D eigenvalue weighted by Gasteiger charge is 2.07. The summed E-state index contributed by atoms with van der Waals surface area (Å²) < 4.78 is 5.66. The lowest BCUT2D eigenvalue weighted by atomic mass is 10.3. The predicted octanol–water partition coefficient (Wildman–Crippen LogP) is 3.21. The van der Waals surface area contributed by atoms with Crippen LogP contribution < -0.4 is 15.0 Å². The summed E-state index contributed by atoms with van der Waals surface area (Å²) in [5, 5.41) is 3.16. The molecular weight excluding hydrogens is 290 g/mol. The highest BCUT2D eigenvalue weighted by atomic mass is 35.5. The lowest BCUT2D eigenvalue weighted by Crippen LogP contribution is -2.08. The molecule has 1 aromatic carbocycles. The van der Waals surface area contributed by atoms with Crippen molar-refractivity contribution < 1.29 is 4.74 Å². The molecule has 112 valence electrons. The molecule has 0 fully saturated rings. The van der Waals surface area contributed by atoms with Gasteiger partial charge in [-0.3, -0.25) is 0 Å². The number of rotatable bonds is 6. The van der Waals surface area contributed by atoms with Gasteiger partial charge >= 0.3 is 6.01 Å². The van der Waals surface area contributed by atoms with Crippen molar-refractivity contribution in [3.63, 3.8) is 0 Å². The standard InChI is InChI=1S/C14H18ClN5O/c1-4-8-16-13-17-12(15)18-14(19-13)21-11-7-5-6-10(9-11)20(2)3/h5-7,9H,4,8H2,1-3H3,(H,16,17,18,19). The SMILES string of the molecule is CCCNc1nc(Cl)nc(Oc2cccc(N(C)C)c2)n1. The number of benzene rings is 1. The van der Waals surface area contributed by atoms with Crippen LogP contribution in [0.5, 0.6) is 11.8 Å². The minimum atomic E-state index is 0.0994. The number of ether oxygens (including phenoxy) is 1. The number of nitrogens with zero attached hydrogens (tertiary/aromatic N) is 4. The van der Waals surface area contributed by atoms with E-state index in [0.29, 0.717) is 11.7 Å². The predicted molar refractivity (Wildman–Crippen MR) is 84.5 cm³/mol. The number of nitrogens with one attached hydrogen (secondary N) is 1. The highest BCUT2D eigenvalue weighted by Crippen LogP contribution is 2.24. The Hall–Kier alpha value is -2.08. The molecule has 0 aliphatic heterocycles. The van der Waals surface area contributed by atoms with E-state index >= 15 is 0 Å². The zero-order chi connectivity index (χ0) is 15.2. The fourth-order valence-electron chi connectivity index (χ4n) is 1.62. The second-order valence-electron chi connectivity index (χ2n) is 4.63. The van der Waals surface area contributed by atoms with Gasteiger partial charge in [0.2, 0.25) is 11.2 Å². The van der Waals surface area contributed by atoms with Crippen molar-refractivity contribution in [2.24, 2.45) is 0 Å². The van der Waals surface area contributed by atoms with Gasteiger partial charge in [-0.1, -0.05) is 13.0 Å². The van der Waals surface area contributed by atoms with Crippen LogP contribution in [-0.4, -0.2) is 35.6 Å². The van der Waals surface area contributed by atoms with Crippen LogP contribution in [0.1, 0.15) is 13.3 Å². The van der Waals surface area contributed by atoms with Gasteiger partial charge in [0.1, 0.15) is 5.75 Å². The molecule has 0 saturated heterocycles. The third-order valence-electron chi connectivity index (χ3n) is 2.66. The van der Waals surface area contributed by atoms with Gasteiger partial charge in [0.05, 0.1) is 0 Å². The van der Waals surface area contributed by atoms with E-state index in [1.165, 1.54) is 0 Å². The normalized spacial score (nSPS) is 10.3. The molecule has 6 nitrogen and oxygen atoms in total. The van der Waals surface area contributed by atoms with Gasteiger partial charge in [-0.2, -0.15) is 15.0 Å². The Morgan fingerprint density at radius 1 is 1.24 bits per heavy atom. The zero-order valence-electron chi connectivity index (χ0n) is 12.3. The molecule has 0 amide bonds. The molecule has 21 heavy (non-hydrogen) atoms. The minimum absolute atomic E-state index is 0.0994. The van der Waals surface area contributed by atoms with E-state index < -0.39 is 0 Å². The maximum atomic E-state index is 5.89. The lowest BCUT2D eigenvalue weighted by Gasteiger charge is -2.13.